The highest BCUT2D eigenvalue weighted by Crippen LogP contribution is 2.23. The molecule has 0 radical (unpaired) electrons. The molecular weight excluding hydrogens is 254 g/mol. The van der Waals surface area contributed by atoms with Crippen molar-refractivity contribution >= 4 is 5.91 Å². The van der Waals surface area contributed by atoms with Gasteiger partial charge in [0.2, 0.25) is 0 Å². The van der Waals surface area contributed by atoms with Crippen LogP contribution in [0, 0.1) is 0 Å². The van der Waals surface area contributed by atoms with Crippen molar-refractivity contribution in [1.29, 1.82) is 0 Å². The Hall–Kier alpha value is -1.33. The van der Waals surface area contributed by atoms with E-state index in [4.69, 9.17) is 4.74 Å². The molecule has 5 nitrogen and oxygen atoms in total. The lowest BCUT2D eigenvalue weighted by Gasteiger charge is -2.28. The van der Waals surface area contributed by atoms with Crippen molar-refractivity contribution in [2.75, 3.05) is 33.4 Å². The molecule has 2 aliphatic rings. The molecule has 1 amide bonds. The topological polar surface area (TPSA) is 46.5 Å². The molecular formula is C15H23N3O2. The Kier molecular flexibility index (Phi) is 4.08. The van der Waals surface area contributed by atoms with Gasteiger partial charge < -0.3 is 19.5 Å². The molecule has 110 valence electrons. The number of aromatic nitrogens is 1. The molecule has 0 bridgehead atoms. The fourth-order valence-corrected chi connectivity index (χ4v) is 3.15. The number of nitrogens with one attached hydrogen (secondary N) is 1. The van der Waals surface area contributed by atoms with Gasteiger partial charge in [0.25, 0.3) is 5.91 Å². The number of hydrogen-bond donors (Lipinski definition) is 1. The van der Waals surface area contributed by atoms with Crippen molar-refractivity contribution < 1.29 is 9.53 Å². The van der Waals surface area contributed by atoms with Crippen LogP contribution in [0.3, 0.4) is 0 Å². The maximum Gasteiger partial charge on any atom is 0.270 e. The van der Waals surface area contributed by atoms with Gasteiger partial charge in [0.1, 0.15) is 5.69 Å². The van der Waals surface area contributed by atoms with E-state index in [-0.39, 0.29) is 11.9 Å². The standard InChI is InChI=1S/C15H23N3O2/c1-17(13-6-10-20-11-13)15(19)14-3-2-9-18(14)12-4-7-16-8-5-12/h2-3,9,12-13,16H,4-8,10-11H2,1H3. The fourth-order valence-electron chi connectivity index (χ4n) is 3.15. The first-order chi connectivity index (χ1) is 9.77. The molecule has 3 rings (SSSR count). The van der Waals surface area contributed by atoms with E-state index in [1.807, 2.05) is 30.3 Å². The zero-order chi connectivity index (χ0) is 13.9. The van der Waals surface area contributed by atoms with Crippen LogP contribution in [0.25, 0.3) is 0 Å². The number of ether oxygens (including phenoxy) is 1. The van der Waals surface area contributed by atoms with Gasteiger partial charge in [0.15, 0.2) is 0 Å². The van der Waals surface area contributed by atoms with Crippen molar-refractivity contribution in [3.05, 3.63) is 24.0 Å². The van der Waals surface area contributed by atoms with E-state index in [0.717, 1.165) is 44.7 Å². The van der Waals surface area contributed by atoms with Crippen LogP contribution in [0.1, 0.15) is 35.8 Å². The minimum atomic E-state index is 0.115. The summed E-state index contributed by atoms with van der Waals surface area (Å²) in [6, 6.07) is 4.59. The molecule has 5 heteroatoms. The second-order valence-electron chi connectivity index (χ2n) is 5.72. The maximum atomic E-state index is 12.7. The summed E-state index contributed by atoms with van der Waals surface area (Å²) >= 11 is 0. The molecule has 1 unspecified atom stereocenters. The number of rotatable bonds is 3. The number of amides is 1. The molecule has 0 aromatic carbocycles. The zero-order valence-corrected chi connectivity index (χ0v) is 12.0. The van der Waals surface area contributed by atoms with Crippen molar-refractivity contribution in [1.82, 2.24) is 14.8 Å². The van der Waals surface area contributed by atoms with E-state index in [1.54, 1.807) is 0 Å². The van der Waals surface area contributed by atoms with Crippen LogP contribution >= 0.6 is 0 Å². The highest BCUT2D eigenvalue weighted by Gasteiger charge is 2.27. The number of carbonyl (C=O) groups is 1. The van der Waals surface area contributed by atoms with Crippen LogP contribution in [0.5, 0.6) is 0 Å². The minimum absolute atomic E-state index is 0.115. The lowest BCUT2D eigenvalue weighted by molar-refractivity contribution is 0.0697. The van der Waals surface area contributed by atoms with Gasteiger partial charge in [-0.3, -0.25) is 4.79 Å². The lowest BCUT2D eigenvalue weighted by atomic mass is 10.1. The molecule has 1 N–H and O–H groups in total. The van der Waals surface area contributed by atoms with Crippen molar-refractivity contribution in [3.8, 4) is 0 Å². The van der Waals surface area contributed by atoms with Gasteiger partial charge in [-0.1, -0.05) is 0 Å². The summed E-state index contributed by atoms with van der Waals surface area (Å²) < 4.78 is 7.55. The largest absolute Gasteiger partial charge is 0.379 e. The monoisotopic (exact) mass is 277 g/mol. The van der Waals surface area contributed by atoms with Gasteiger partial charge in [0, 0.05) is 25.9 Å². The first-order valence-corrected chi connectivity index (χ1v) is 7.50. The second-order valence-corrected chi connectivity index (χ2v) is 5.72. The Morgan fingerprint density at radius 1 is 1.40 bits per heavy atom. The van der Waals surface area contributed by atoms with Crippen molar-refractivity contribution in [2.24, 2.45) is 0 Å². The van der Waals surface area contributed by atoms with Crippen LogP contribution in [0.4, 0.5) is 0 Å². The number of nitrogens with zero attached hydrogens (tertiary/aromatic N) is 2. The number of likely N-dealkylation sites (N-methyl/N-ethyl adjacent to an activating group) is 1. The Bertz CT molecular complexity index is 459. The summed E-state index contributed by atoms with van der Waals surface area (Å²) in [6.07, 6.45) is 5.16. The predicted octanol–water partition coefficient (Wildman–Crippen LogP) is 1.27. The maximum absolute atomic E-state index is 12.7. The van der Waals surface area contributed by atoms with Crippen LogP contribution < -0.4 is 5.32 Å². The zero-order valence-electron chi connectivity index (χ0n) is 12.0. The predicted molar refractivity (Wildman–Crippen MR) is 76.9 cm³/mol. The molecule has 3 heterocycles. The van der Waals surface area contributed by atoms with Gasteiger partial charge in [-0.05, 0) is 44.5 Å². The average Bonchev–Trinajstić information content (AvgIpc) is 3.17. The molecule has 0 spiro atoms. The van der Waals surface area contributed by atoms with E-state index < -0.39 is 0 Å². The van der Waals surface area contributed by atoms with Gasteiger partial charge in [-0.15, -0.1) is 0 Å². The third kappa shape index (κ3) is 2.60. The smallest absolute Gasteiger partial charge is 0.270 e. The first kappa shape index (κ1) is 13.6. The van der Waals surface area contributed by atoms with Gasteiger partial charge in [0.05, 0.1) is 12.6 Å². The second kappa shape index (κ2) is 5.97. The highest BCUT2D eigenvalue weighted by atomic mass is 16.5. The summed E-state index contributed by atoms with van der Waals surface area (Å²) in [5.74, 6) is 0.115. The van der Waals surface area contributed by atoms with E-state index in [0.29, 0.717) is 12.6 Å². The van der Waals surface area contributed by atoms with Gasteiger partial charge >= 0.3 is 0 Å². The Balaban J connectivity index is 1.75. The summed E-state index contributed by atoms with van der Waals surface area (Å²) in [6.45, 7) is 3.49. The SMILES string of the molecule is CN(C(=O)c1cccn1C1CCNCC1)C1CCOC1. The lowest BCUT2D eigenvalue weighted by Crippen LogP contribution is -2.39. The van der Waals surface area contributed by atoms with Crippen molar-refractivity contribution in [2.45, 2.75) is 31.3 Å². The third-order valence-electron chi connectivity index (χ3n) is 4.47. The quantitative estimate of drug-likeness (QED) is 0.905. The molecule has 1 aromatic heterocycles. The number of carbonyl (C=O) groups excluding carboxylic acids is 1. The fraction of sp³-hybridized carbons (Fsp3) is 0.667. The first-order valence-electron chi connectivity index (χ1n) is 7.50. The van der Waals surface area contributed by atoms with E-state index in [2.05, 4.69) is 9.88 Å². The number of piperidine rings is 1. The Morgan fingerprint density at radius 3 is 2.90 bits per heavy atom. The molecule has 20 heavy (non-hydrogen) atoms. The Morgan fingerprint density at radius 2 is 2.20 bits per heavy atom. The summed E-state index contributed by atoms with van der Waals surface area (Å²) in [7, 11) is 1.89. The summed E-state index contributed by atoms with van der Waals surface area (Å²) in [5.41, 5.74) is 0.811. The van der Waals surface area contributed by atoms with Crippen LogP contribution in [0.2, 0.25) is 0 Å². The Labute approximate surface area is 119 Å². The average molecular weight is 277 g/mol. The third-order valence-corrected chi connectivity index (χ3v) is 4.47. The van der Waals surface area contributed by atoms with E-state index in [1.165, 1.54) is 0 Å². The molecule has 2 saturated heterocycles. The van der Waals surface area contributed by atoms with Gasteiger partial charge in [-0.2, -0.15) is 0 Å². The summed E-state index contributed by atoms with van der Waals surface area (Å²) in [4.78, 5) is 14.5. The van der Waals surface area contributed by atoms with Gasteiger partial charge in [-0.25, -0.2) is 0 Å². The molecule has 0 aliphatic carbocycles. The van der Waals surface area contributed by atoms with Crippen LogP contribution in [-0.2, 0) is 4.74 Å². The minimum Gasteiger partial charge on any atom is -0.379 e. The molecule has 1 aromatic rings. The normalized spacial score (nSPS) is 23.9. The molecule has 2 aliphatic heterocycles. The number of hydrogen-bond acceptors (Lipinski definition) is 3. The highest BCUT2D eigenvalue weighted by molar-refractivity contribution is 5.92. The summed E-state index contributed by atoms with van der Waals surface area (Å²) in [5, 5.41) is 3.37. The van der Waals surface area contributed by atoms with Crippen molar-refractivity contribution in [3.63, 3.8) is 0 Å². The van der Waals surface area contributed by atoms with E-state index in [9.17, 15) is 4.79 Å². The molecule has 1 atom stereocenters. The van der Waals surface area contributed by atoms with E-state index >= 15 is 0 Å². The molecule has 2 fully saturated rings. The molecule has 0 saturated carbocycles. The van der Waals surface area contributed by atoms with Crippen LogP contribution in [-0.4, -0.2) is 54.8 Å². The van der Waals surface area contributed by atoms with Crippen LogP contribution in [0.15, 0.2) is 18.3 Å².